The summed E-state index contributed by atoms with van der Waals surface area (Å²) in [6, 6.07) is 45.9. The third-order valence-corrected chi connectivity index (χ3v) is 12.8. The van der Waals surface area contributed by atoms with Crippen molar-refractivity contribution in [3.8, 4) is 11.1 Å². The number of allylic oxidation sites excluding steroid dienone is 4. The first-order chi connectivity index (χ1) is 23.7. The van der Waals surface area contributed by atoms with Gasteiger partial charge in [-0.25, -0.2) is 0 Å². The Labute approximate surface area is 285 Å². The van der Waals surface area contributed by atoms with Gasteiger partial charge in [-0.15, -0.1) is 22.7 Å². The molecule has 1 atom stereocenters. The SMILES string of the molecule is CC1C=CC=C(n2c3ccccc3c3c4c(-c5cccc6c5sc5ccccc56)cc5cc6sc7ccccc7c6cc5c4ccc32)C1. The van der Waals surface area contributed by atoms with Crippen molar-refractivity contribution in [2.24, 2.45) is 5.92 Å². The van der Waals surface area contributed by atoms with Crippen molar-refractivity contribution in [3.63, 3.8) is 0 Å². The van der Waals surface area contributed by atoms with E-state index in [9.17, 15) is 0 Å². The molecule has 48 heavy (non-hydrogen) atoms. The molecule has 0 spiro atoms. The maximum Gasteiger partial charge on any atom is 0.0544 e. The minimum atomic E-state index is 0.509. The van der Waals surface area contributed by atoms with Crippen molar-refractivity contribution < 1.29 is 0 Å². The molecule has 1 aliphatic rings. The lowest BCUT2D eigenvalue weighted by atomic mass is 9.89. The summed E-state index contributed by atoms with van der Waals surface area (Å²) in [6.45, 7) is 2.32. The average molecular weight is 648 g/mol. The molecule has 0 aliphatic heterocycles. The summed E-state index contributed by atoms with van der Waals surface area (Å²) in [5.41, 5.74) is 6.54. The number of hydrogen-bond acceptors (Lipinski definition) is 2. The number of thiophene rings is 2. The molecule has 3 heteroatoms. The van der Waals surface area contributed by atoms with Crippen molar-refractivity contribution in [1.29, 1.82) is 0 Å². The fourth-order valence-electron chi connectivity index (χ4n) is 8.40. The Hall–Kier alpha value is -5.22. The highest BCUT2D eigenvalue weighted by molar-refractivity contribution is 7.26. The molecule has 0 N–H and O–H groups in total. The van der Waals surface area contributed by atoms with E-state index < -0.39 is 0 Å². The Morgan fingerprint density at radius 2 is 1.29 bits per heavy atom. The number of para-hydroxylation sites is 1. The molecule has 226 valence electrons. The third kappa shape index (κ3) is 3.66. The van der Waals surface area contributed by atoms with E-state index in [2.05, 4.69) is 151 Å². The van der Waals surface area contributed by atoms with Crippen LogP contribution in [0.1, 0.15) is 13.3 Å². The molecule has 0 fully saturated rings. The van der Waals surface area contributed by atoms with Crippen LogP contribution in [0, 0.1) is 5.92 Å². The van der Waals surface area contributed by atoms with Gasteiger partial charge >= 0.3 is 0 Å². The summed E-state index contributed by atoms with van der Waals surface area (Å²) < 4.78 is 7.92. The fourth-order valence-corrected chi connectivity index (χ4v) is 10.8. The van der Waals surface area contributed by atoms with Gasteiger partial charge in [0.2, 0.25) is 0 Å². The lowest BCUT2D eigenvalue weighted by molar-refractivity contribution is 0.730. The van der Waals surface area contributed by atoms with Crippen LogP contribution in [0.5, 0.6) is 0 Å². The standard InChI is InChI=1S/C45H29NS2/c1-26-10-8-11-28(22-26)46-38-17-5-2-14-34(38)44-39(46)21-20-31-35-25-36-30-13-4-6-18-40(30)47-42(36)24-27(35)23-37(43(31)44)33-16-9-15-32-29-12-3-7-19-41(29)48-45(32)33/h2-21,23-26H,22H2,1H3. The van der Waals surface area contributed by atoms with E-state index in [1.807, 2.05) is 22.7 Å². The second-order valence-corrected chi connectivity index (χ2v) is 15.5. The minimum absolute atomic E-state index is 0.509. The van der Waals surface area contributed by atoms with Crippen LogP contribution in [0.25, 0.3) is 101 Å². The smallest absolute Gasteiger partial charge is 0.0544 e. The van der Waals surface area contributed by atoms with E-state index in [1.54, 1.807) is 0 Å². The van der Waals surface area contributed by atoms with Crippen molar-refractivity contribution in [1.82, 2.24) is 4.57 Å². The lowest BCUT2D eigenvalue weighted by Crippen LogP contribution is -2.04. The van der Waals surface area contributed by atoms with Gasteiger partial charge in [-0.3, -0.25) is 0 Å². The Kier molecular flexibility index (Phi) is 5.53. The summed E-state index contributed by atoms with van der Waals surface area (Å²) in [6.07, 6.45) is 7.89. The average Bonchev–Trinajstić information content (AvgIpc) is 3.79. The zero-order valence-electron chi connectivity index (χ0n) is 26.3. The molecule has 0 amide bonds. The number of benzene rings is 7. The van der Waals surface area contributed by atoms with Crippen LogP contribution in [-0.4, -0.2) is 4.57 Å². The fraction of sp³-hybridized carbons (Fsp3) is 0.0667. The van der Waals surface area contributed by atoms with Gasteiger partial charge in [0.1, 0.15) is 0 Å². The highest BCUT2D eigenvalue weighted by atomic mass is 32.1. The van der Waals surface area contributed by atoms with E-state index in [1.165, 1.54) is 101 Å². The molecule has 0 radical (unpaired) electrons. The zero-order chi connectivity index (χ0) is 31.5. The molecule has 7 aromatic carbocycles. The zero-order valence-corrected chi connectivity index (χ0v) is 28.0. The number of hydrogen-bond donors (Lipinski definition) is 0. The topological polar surface area (TPSA) is 4.93 Å². The summed E-state index contributed by atoms with van der Waals surface area (Å²) >= 11 is 3.82. The summed E-state index contributed by atoms with van der Waals surface area (Å²) in [7, 11) is 0. The van der Waals surface area contributed by atoms with Gasteiger partial charge < -0.3 is 4.57 Å². The normalized spacial score (nSPS) is 15.4. The van der Waals surface area contributed by atoms with Crippen LogP contribution in [0.2, 0.25) is 0 Å². The maximum atomic E-state index is 2.54. The maximum absolute atomic E-state index is 2.54. The predicted molar refractivity (Wildman–Crippen MR) is 213 cm³/mol. The van der Waals surface area contributed by atoms with Crippen LogP contribution >= 0.6 is 22.7 Å². The Morgan fingerprint density at radius 1 is 0.542 bits per heavy atom. The number of nitrogens with zero attached hydrogens (tertiary/aromatic N) is 1. The summed E-state index contributed by atoms with van der Waals surface area (Å²) in [4.78, 5) is 0. The van der Waals surface area contributed by atoms with Gasteiger partial charge in [-0.05, 0) is 82.6 Å². The molecular weight excluding hydrogens is 619 g/mol. The van der Waals surface area contributed by atoms with Crippen molar-refractivity contribution in [2.75, 3.05) is 0 Å². The monoisotopic (exact) mass is 647 g/mol. The first-order valence-electron chi connectivity index (χ1n) is 16.7. The van der Waals surface area contributed by atoms with Gasteiger partial charge in [-0.2, -0.15) is 0 Å². The van der Waals surface area contributed by atoms with Crippen LogP contribution in [0.4, 0.5) is 0 Å². The van der Waals surface area contributed by atoms with Gasteiger partial charge in [-0.1, -0.05) is 97.9 Å². The molecule has 3 aromatic heterocycles. The summed E-state index contributed by atoms with van der Waals surface area (Å²) in [5, 5.41) is 13.3. The molecule has 11 rings (SSSR count). The van der Waals surface area contributed by atoms with Crippen molar-refractivity contribution in [3.05, 3.63) is 140 Å². The summed E-state index contributed by atoms with van der Waals surface area (Å²) in [5.74, 6) is 0.509. The molecular formula is C45H29NS2. The number of rotatable bonds is 2. The molecule has 0 saturated heterocycles. The highest BCUT2D eigenvalue weighted by Gasteiger charge is 2.22. The van der Waals surface area contributed by atoms with Gasteiger partial charge in [0.25, 0.3) is 0 Å². The van der Waals surface area contributed by atoms with Gasteiger partial charge in [0, 0.05) is 67.8 Å². The molecule has 1 nitrogen and oxygen atoms in total. The largest absolute Gasteiger partial charge is 0.313 e. The van der Waals surface area contributed by atoms with Crippen LogP contribution in [0.3, 0.4) is 0 Å². The Bertz CT molecular complexity index is 3050. The molecule has 0 saturated carbocycles. The number of aromatic nitrogens is 1. The quantitative estimate of drug-likeness (QED) is 0.165. The first kappa shape index (κ1) is 26.8. The number of fused-ring (bicyclic) bond motifs is 13. The second kappa shape index (κ2) is 9.90. The van der Waals surface area contributed by atoms with E-state index in [4.69, 9.17) is 0 Å². The minimum Gasteiger partial charge on any atom is -0.313 e. The molecule has 3 heterocycles. The lowest BCUT2D eigenvalue weighted by Gasteiger charge is -2.18. The molecule has 10 aromatic rings. The molecule has 1 unspecified atom stereocenters. The van der Waals surface area contributed by atoms with Gasteiger partial charge in [0.15, 0.2) is 0 Å². The van der Waals surface area contributed by atoms with E-state index >= 15 is 0 Å². The van der Waals surface area contributed by atoms with E-state index in [-0.39, 0.29) is 0 Å². The molecule has 1 aliphatic carbocycles. The van der Waals surface area contributed by atoms with E-state index in [0.717, 1.165) is 6.42 Å². The predicted octanol–water partition coefficient (Wildman–Crippen LogP) is 13.9. The third-order valence-electron chi connectivity index (χ3n) is 10.5. The second-order valence-electron chi connectivity index (χ2n) is 13.3. The van der Waals surface area contributed by atoms with Crippen LogP contribution in [-0.2, 0) is 0 Å². The Morgan fingerprint density at radius 3 is 2.15 bits per heavy atom. The van der Waals surface area contributed by atoms with E-state index in [0.29, 0.717) is 5.92 Å². The van der Waals surface area contributed by atoms with Gasteiger partial charge in [0.05, 0.1) is 11.0 Å². The Balaban J connectivity index is 1.36. The van der Waals surface area contributed by atoms with Crippen LogP contribution in [0.15, 0.2) is 140 Å². The molecule has 0 bridgehead atoms. The van der Waals surface area contributed by atoms with Crippen molar-refractivity contribution >= 4 is 112 Å². The first-order valence-corrected chi connectivity index (χ1v) is 18.4. The van der Waals surface area contributed by atoms with Crippen molar-refractivity contribution in [2.45, 2.75) is 13.3 Å². The van der Waals surface area contributed by atoms with Crippen LogP contribution < -0.4 is 0 Å². The highest BCUT2D eigenvalue weighted by Crippen LogP contribution is 2.49.